The molecule has 0 unspecified atom stereocenters. The number of aromatic amines is 1. The van der Waals surface area contributed by atoms with Gasteiger partial charge in [0.2, 0.25) is 5.91 Å². The van der Waals surface area contributed by atoms with E-state index in [9.17, 15) is 9.90 Å². The lowest BCUT2D eigenvalue weighted by molar-refractivity contribution is -0.122. The largest absolute Gasteiger partial charge is 0.508 e. The molecule has 20 heavy (non-hydrogen) atoms. The molecule has 0 fully saturated rings. The summed E-state index contributed by atoms with van der Waals surface area (Å²) in [6.07, 6.45) is 4.46. The van der Waals surface area contributed by atoms with E-state index < -0.39 is 6.04 Å². The maximum absolute atomic E-state index is 11.8. The molecule has 0 spiro atoms. The number of carbonyl (C=O) groups is 1. The van der Waals surface area contributed by atoms with Crippen molar-refractivity contribution in [3.05, 3.63) is 48.0 Å². The molecule has 1 heterocycles. The average molecular weight is 274 g/mol. The van der Waals surface area contributed by atoms with Gasteiger partial charge in [0.15, 0.2) is 0 Å². The summed E-state index contributed by atoms with van der Waals surface area (Å²) in [5.41, 5.74) is 7.74. The third-order valence-corrected chi connectivity index (χ3v) is 2.98. The Morgan fingerprint density at radius 2 is 2.15 bits per heavy atom. The summed E-state index contributed by atoms with van der Waals surface area (Å²) in [7, 11) is 0. The fourth-order valence-corrected chi connectivity index (χ4v) is 1.85. The van der Waals surface area contributed by atoms with Crippen LogP contribution >= 0.6 is 0 Å². The molecular weight excluding hydrogens is 256 g/mol. The Balaban J connectivity index is 1.75. The van der Waals surface area contributed by atoms with Crippen LogP contribution in [0.1, 0.15) is 11.3 Å². The first-order valence-electron chi connectivity index (χ1n) is 6.43. The van der Waals surface area contributed by atoms with Gasteiger partial charge < -0.3 is 21.1 Å². The van der Waals surface area contributed by atoms with Crippen LogP contribution in [0, 0.1) is 0 Å². The Kier molecular flexibility index (Phi) is 4.73. The van der Waals surface area contributed by atoms with E-state index >= 15 is 0 Å². The zero-order valence-corrected chi connectivity index (χ0v) is 11.0. The average Bonchev–Trinajstić information content (AvgIpc) is 2.94. The van der Waals surface area contributed by atoms with Gasteiger partial charge >= 0.3 is 0 Å². The predicted molar refractivity (Wildman–Crippen MR) is 75.1 cm³/mol. The van der Waals surface area contributed by atoms with Crippen molar-refractivity contribution in [2.24, 2.45) is 5.73 Å². The summed E-state index contributed by atoms with van der Waals surface area (Å²) >= 11 is 0. The van der Waals surface area contributed by atoms with E-state index in [-0.39, 0.29) is 11.7 Å². The lowest BCUT2D eigenvalue weighted by atomic mass is 10.1. The SMILES string of the molecule is N[C@@H](Cc1ccc(O)cc1)C(=O)NCCc1cnc[nH]1. The summed E-state index contributed by atoms with van der Waals surface area (Å²) in [4.78, 5) is 18.7. The van der Waals surface area contributed by atoms with E-state index in [1.165, 1.54) is 0 Å². The number of amides is 1. The zero-order valence-electron chi connectivity index (χ0n) is 11.0. The number of benzene rings is 1. The van der Waals surface area contributed by atoms with Crippen LogP contribution < -0.4 is 11.1 Å². The van der Waals surface area contributed by atoms with Crippen molar-refractivity contribution in [3.63, 3.8) is 0 Å². The first-order valence-corrected chi connectivity index (χ1v) is 6.43. The molecule has 2 rings (SSSR count). The number of nitrogens with zero attached hydrogens (tertiary/aromatic N) is 1. The number of phenols is 1. The highest BCUT2D eigenvalue weighted by atomic mass is 16.3. The van der Waals surface area contributed by atoms with Gasteiger partial charge in [-0.3, -0.25) is 4.79 Å². The summed E-state index contributed by atoms with van der Waals surface area (Å²) in [5.74, 6) is 0.0175. The first kappa shape index (κ1) is 14.1. The molecule has 0 saturated heterocycles. The number of carbonyl (C=O) groups excluding carboxylic acids is 1. The highest BCUT2D eigenvalue weighted by Gasteiger charge is 2.13. The molecule has 1 aromatic heterocycles. The van der Waals surface area contributed by atoms with Crippen molar-refractivity contribution in [2.75, 3.05) is 6.54 Å². The van der Waals surface area contributed by atoms with Gasteiger partial charge in [0.25, 0.3) is 0 Å². The second-order valence-corrected chi connectivity index (χ2v) is 4.59. The number of aromatic hydroxyl groups is 1. The van der Waals surface area contributed by atoms with Crippen LogP contribution in [0.2, 0.25) is 0 Å². The van der Waals surface area contributed by atoms with Gasteiger partial charge in [-0.1, -0.05) is 12.1 Å². The summed E-state index contributed by atoms with van der Waals surface area (Å²) < 4.78 is 0. The van der Waals surface area contributed by atoms with E-state index in [1.807, 2.05) is 0 Å². The van der Waals surface area contributed by atoms with Gasteiger partial charge in [0.1, 0.15) is 5.75 Å². The number of nitrogens with two attached hydrogens (primary N) is 1. The van der Waals surface area contributed by atoms with Crippen LogP contribution in [0.5, 0.6) is 5.75 Å². The standard InChI is InChI=1S/C14H18N4O2/c15-13(7-10-1-3-12(19)4-2-10)14(20)17-6-5-11-8-16-9-18-11/h1-4,8-9,13,19H,5-7,15H2,(H,16,18)(H,17,20)/t13-/m0/s1. The summed E-state index contributed by atoms with van der Waals surface area (Å²) in [5, 5.41) is 12.0. The van der Waals surface area contributed by atoms with Crippen molar-refractivity contribution in [2.45, 2.75) is 18.9 Å². The molecule has 0 bridgehead atoms. The van der Waals surface area contributed by atoms with Crippen molar-refractivity contribution < 1.29 is 9.90 Å². The van der Waals surface area contributed by atoms with Crippen molar-refractivity contribution >= 4 is 5.91 Å². The lowest BCUT2D eigenvalue weighted by Gasteiger charge is -2.12. The third kappa shape index (κ3) is 4.10. The van der Waals surface area contributed by atoms with Crippen LogP contribution in [0.3, 0.4) is 0 Å². The van der Waals surface area contributed by atoms with Gasteiger partial charge in [0, 0.05) is 24.9 Å². The highest BCUT2D eigenvalue weighted by Crippen LogP contribution is 2.10. The lowest BCUT2D eigenvalue weighted by Crippen LogP contribution is -2.42. The molecule has 6 heteroatoms. The van der Waals surface area contributed by atoms with Crippen molar-refractivity contribution in [1.82, 2.24) is 15.3 Å². The van der Waals surface area contributed by atoms with Crippen LogP contribution in [0.15, 0.2) is 36.8 Å². The van der Waals surface area contributed by atoms with E-state index in [4.69, 9.17) is 5.73 Å². The minimum atomic E-state index is -0.596. The molecule has 0 saturated carbocycles. The monoisotopic (exact) mass is 274 g/mol. The second-order valence-electron chi connectivity index (χ2n) is 4.59. The fourth-order valence-electron chi connectivity index (χ4n) is 1.85. The fraction of sp³-hybridized carbons (Fsp3) is 0.286. The second kappa shape index (κ2) is 6.72. The number of H-pyrrole nitrogens is 1. The Morgan fingerprint density at radius 1 is 1.40 bits per heavy atom. The Morgan fingerprint density at radius 3 is 2.80 bits per heavy atom. The van der Waals surface area contributed by atoms with Crippen LogP contribution in [0.25, 0.3) is 0 Å². The number of phenolic OH excluding ortho intramolecular Hbond substituents is 1. The van der Waals surface area contributed by atoms with E-state index in [0.29, 0.717) is 19.4 Å². The van der Waals surface area contributed by atoms with Crippen molar-refractivity contribution in [3.8, 4) is 5.75 Å². The minimum absolute atomic E-state index is 0.183. The molecule has 1 aromatic carbocycles. The molecule has 1 amide bonds. The van der Waals surface area contributed by atoms with E-state index in [0.717, 1.165) is 11.3 Å². The predicted octanol–water partition coefficient (Wildman–Crippen LogP) is 0.344. The van der Waals surface area contributed by atoms with Crippen molar-refractivity contribution in [1.29, 1.82) is 0 Å². The summed E-state index contributed by atoms with van der Waals surface area (Å²) in [6, 6.07) is 6.08. The summed E-state index contributed by atoms with van der Waals surface area (Å²) in [6.45, 7) is 0.518. The number of imidazole rings is 1. The number of hydrogen-bond donors (Lipinski definition) is 4. The van der Waals surface area contributed by atoms with Gasteiger partial charge in [-0.05, 0) is 24.1 Å². The van der Waals surface area contributed by atoms with Crippen LogP contribution in [-0.4, -0.2) is 33.6 Å². The molecule has 106 valence electrons. The first-order chi connectivity index (χ1) is 9.65. The molecule has 0 aliphatic carbocycles. The Labute approximate surface area is 117 Å². The molecular formula is C14H18N4O2. The van der Waals surface area contributed by atoms with E-state index in [2.05, 4.69) is 15.3 Å². The normalized spacial score (nSPS) is 12.1. The number of nitrogens with one attached hydrogen (secondary N) is 2. The zero-order chi connectivity index (χ0) is 14.4. The molecule has 1 atom stereocenters. The number of hydrogen-bond acceptors (Lipinski definition) is 4. The Bertz CT molecular complexity index is 537. The highest BCUT2D eigenvalue weighted by molar-refractivity contribution is 5.81. The van der Waals surface area contributed by atoms with Gasteiger partial charge in [-0.2, -0.15) is 0 Å². The number of aromatic nitrogens is 2. The maximum Gasteiger partial charge on any atom is 0.237 e. The van der Waals surface area contributed by atoms with E-state index in [1.54, 1.807) is 36.8 Å². The van der Waals surface area contributed by atoms with Gasteiger partial charge in [0.05, 0.1) is 12.4 Å². The smallest absolute Gasteiger partial charge is 0.237 e. The molecule has 2 aromatic rings. The van der Waals surface area contributed by atoms with Crippen LogP contribution in [-0.2, 0) is 17.6 Å². The van der Waals surface area contributed by atoms with Gasteiger partial charge in [-0.25, -0.2) is 4.98 Å². The molecule has 0 aliphatic heterocycles. The quantitative estimate of drug-likeness (QED) is 0.610. The molecule has 0 aliphatic rings. The topological polar surface area (TPSA) is 104 Å². The molecule has 0 radical (unpaired) electrons. The maximum atomic E-state index is 11.8. The molecule has 5 N–H and O–H groups in total. The van der Waals surface area contributed by atoms with Gasteiger partial charge in [-0.15, -0.1) is 0 Å². The molecule has 6 nitrogen and oxygen atoms in total. The minimum Gasteiger partial charge on any atom is -0.508 e. The Hall–Kier alpha value is -2.34. The van der Waals surface area contributed by atoms with Crippen LogP contribution in [0.4, 0.5) is 0 Å². The third-order valence-electron chi connectivity index (χ3n) is 2.98. The number of rotatable bonds is 6.